The van der Waals surface area contributed by atoms with E-state index in [0.717, 1.165) is 5.56 Å². The van der Waals surface area contributed by atoms with Gasteiger partial charge in [-0.2, -0.15) is 5.26 Å². The maximum Gasteiger partial charge on any atom is 0.315 e. The molecule has 114 valence electrons. The van der Waals surface area contributed by atoms with Gasteiger partial charge in [-0.1, -0.05) is 6.07 Å². The fraction of sp³-hybridized carbons (Fsp3) is 0.375. The first-order chi connectivity index (χ1) is 10.5. The van der Waals surface area contributed by atoms with Crippen molar-refractivity contribution in [2.45, 2.75) is 32.8 Å². The highest BCUT2D eigenvalue weighted by Gasteiger charge is 2.40. The Hall–Kier alpha value is -2.13. The molecule has 0 amide bonds. The molecule has 0 bridgehead atoms. The van der Waals surface area contributed by atoms with Crippen LogP contribution in [-0.4, -0.2) is 22.8 Å². The molecule has 0 saturated heterocycles. The number of aromatic nitrogens is 1. The number of aliphatic imine (C=N–C) groups is 1. The fourth-order valence-electron chi connectivity index (χ4n) is 2.49. The first-order valence-corrected chi connectivity index (χ1v) is 7.39. The Kier molecular flexibility index (Phi) is 4.99. The molecule has 1 aromatic heterocycles. The normalized spacial score (nSPS) is 21.4. The van der Waals surface area contributed by atoms with Crippen LogP contribution >= 0.6 is 12.6 Å². The molecule has 22 heavy (non-hydrogen) atoms. The third kappa shape index (κ3) is 3.20. The van der Waals surface area contributed by atoms with Gasteiger partial charge in [-0.05, 0) is 32.4 Å². The van der Waals surface area contributed by atoms with E-state index < -0.39 is 17.8 Å². The summed E-state index contributed by atoms with van der Waals surface area (Å²) < 4.78 is 5.34. The van der Waals surface area contributed by atoms with Crippen LogP contribution in [0.1, 0.15) is 32.3 Å². The minimum atomic E-state index is -0.642. The van der Waals surface area contributed by atoms with Crippen molar-refractivity contribution in [3.8, 4) is 6.07 Å². The summed E-state index contributed by atoms with van der Waals surface area (Å²) in [6.07, 6.45) is 3.06. The number of ether oxygens (including phenoxy) is 1. The zero-order valence-corrected chi connectivity index (χ0v) is 13.5. The Morgan fingerprint density at radius 1 is 1.50 bits per heavy atom. The molecule has 1 aliphatic heterocycles. The van der Waals surface area contributed by atoms with Crippen LogP contribution in [0.5, 0.6) is 0 Å². The molecule has 0 N–H and O–H groups in total. The molecule has 1 unspecified atom stereocenters. The van der Waals surface area contributed by atoms with E-state index in [9.17, 15) is 10.1 Å². The van der Waals surface area contributed by atoms with Crippen molar-refractivity contribution >= 4 is 24.3 Å². The largest absolute Gasteiger partial charge is 0.462 e. The van der Waals surface area contributed by atoms with Crippen molar-refractivity contribution in [1.82, 2.24) is 4.98 Å². The lowest BCUT2D eigenvalue weighted by Crippen LogP contribution is -2.35. The van der Waals surface area contributed by atoms with Gasteiger partial charge >= 0.3 is 5.97 Å². The maximum absolute atomic E-state index is 12.5. The zero-order chi connectivity index (χ0) is 16.3. The van der Waals surface area contributed by atoms with Crippen LogP contribution in [0.15, 0.2) is 40.1 Å². The van der Waals surface area contributed by atoms with Gasteiger partial charge < -0.3 is 4.74 Å². The van der Waals surface area contributed by atoms with Crippen molar-refractivity contribution in [2.24, 2.45) is 10.9 Å². The summed E-state index contributed by atoms with van der Waals surface area (Å²) in [6, 6.07) is 5.73. The molecule has 1 aromatic rings. The molecule has 6 heteroatoms. The minimum Gasteiger partial charge on any atom is -0.462 e. The van der Waals surface area contributed by atoms with Crippen molar-refractivity contribution in [2.75, 3.05) is 0 Å². The molecule has 1 aliphatic rings. The highest BCUT2D eigenvalue weighted by molar-refractivity contribution is 7.84. The number of nitriles is 1. The van der Waals surface area contributed by atoms with Crippen molar-refractivity contribution in [3.63, 3.8) is 0 Å². The average Bonchev–Trinajstić information content (AvgIpc) is 2.46. The number of pyridine rings is 1. The minimum absolute atomic E-state index is 0.234. The van der Waals surface area contributed by atoms with Gasteiger partial charge in [-0.3, -0.25) is 9.78 Å². The third-order valence-corrected chi connectivity index (χ3v) is 3.73. The topological polar surface area (TPSA) is 75.3 Å². The predicted molar refractivity (Wildman–Crippen MR) is 86.4 cm³/mol. The second kappa shape index (κ2) is 6.75. The van der Waals surface area contributed by atoms with E-state index >= 15 is 0 Å². The third-order valence-electron chi connectivity index (χ3n) is 3.39. The Bertz CT molecular complexity index is 674. The average molecular weight is 315 g/mol. The van der Waals surface area contributed by atoms with Crippen LogP contribution in [0.4, 0.5) is 0 Å². The SMILES string of the molecule is CC1=NC(S)=C(C#N)[C@H](c2cccnc2)C1C(=O)OC(C)C. The lowest BCUT2D eigenvalue weighted by atomic mass is 9.78. The molecule has 0 spiro atoms. The Labute approximate surface area is 135 Å². The van der Waals surface area contributed by atoms with Gasteiger partial charge in [-0.25, -0.2) is 4.99 Å². The highest BCUT2D eigenvalue weighted by atomic mass is 32.1. The lowest BCUT2D eigenvalue weighted by molar-refractivity contribution is -0.150. The smallest absolute Gasteiger partial charge is 0.315 e. The molecule has 5 nitrogen and oxygen atoms in total. The van der Waals surface area contributed by atoms with Crippen LogP contribution in [0.2, 0.25) is 0 Å². The molecule has 0 aromatic carbocycles. The molecule has 0 fully saturated rings. The zero-order valence-electron chi connectivity index (χ0n) is 12.6. The Morgan fingerprint density at radius 2 is 2.23 bits per heavy atom. The maximum atomic E-state index is 12.5. The summed E-state index contributed by atoms with van der Waals surface area (Å²) in [4.78, 5) is 20.8. The van der Waals surface area contributed by atoms with Gasteiger partial charge in [0, 0.05) is 24.0 Å². The number of carbonyl (C=O) groups is 1. The van der Waals surface area contributed by atoms with Crippen molar-refractivity contribution < 1.29 is 9.53 Å². The van der Waals surface area contributed by atoms with Crippen LogP contribution in [0, 0.1) is 17.2 Å². The van der Waals surface area contributed by atoms with Crippen molar-refractivity contribution in [3.05, 3.63) is 40.7 Å². The molecule has 2 rings (SSSR count). The summed E-state index contributed by atoms with van der Waals surface area (Å²) in [5, 5.41) is 9.80. The van der Waals surface area contributed by atoms with Gasteiger partial charge in [0.2, 0.25) is 0 Å². The number of hydrogen-bond donors (Lipinski definition) is 1. The first kappa shape index (κ1) is 16.2. The number of allylic oxidation sites excluding steroid dienone is 1. The summed E-state index contributed by atoms with van der Waals surface area (Å²) in [6.45, 7) is 5.33. The van der Waals surface area contributed by atoms with Crippen molar-refractivity contribution in [1.29, 1.82) is 5.26 Å². The fourth-order valence-corrected chi connectivity index (χ4v) is 2.84. The number of carbonyl (C=O) groups excluding carboxylic acids is 1. The van der Waals surface area contributed by atoms with E-state index in [1.807, 2.05) is 6.07 Å². The van der Waals surface area contributed by atoms with E-state index in [1.54, 1.807) is 39.2 Å². The number of hydrogen-bond acceptors (Lipinski definition) is 6. The van der Waals surface area contributed by atoms with Crippen LogP contribution < -0.4 is 0 Å². The second-order valence-corrected chi connectivity index (χ2v) is 5.75. The lowest BCUT2D eigenvalue weighted by Gasteiger charge is -2.29. The van der Waals surface area contributed by atoms with E-state index in [1.165, 1.54) is 0 Å². The Balaban J connectivity index is 2.53. The van der Waals surface area contributed by atoms with Gasteiger partial charge in [0.25, 0.3) is 0 Å². The van der Waals surface area contributed by atoms with E-state index in [4.69, 9.17) is 4.74 Å². The predicted octanol–water partition coefficient (Wildman–Crippen LogP) is 2.87. The number of esters is 1. The van der Waals surface area contributed by atoms with E-state index in [0.29, 0.717) is 16.3 Å². The summed E-state index contributed by atoms with van der Waals surface area (Å²) in [5.41, 5.74) is 1.71. The number of thiol groups is 1. The van der Waals surface area contributed by atoms with E-state index in [2.05, 4.69) is 28.7 Å². The molecular weight excluding hydrogens is 298 g/mol. The van der Waals surface area contributed by atoms with Crippen LogP contribution in [-0.2, 0) is 9.53 Å². The van der Waals surface area contributed by atoms with Crippen LogP contribution in [0.3, 0.4) is 0 Å². The molecule has 2 heterocycles. The quantitative estimate of drug-likeness (QED) is 0.687. The second-order valence-electron chi connectivity index (χ2n) is 5.33. The number of rotatable bonds is 3. The molecule has 0 aliphatic carbocycles. The van der Waals surface area contributed by atoms with Gasteiger partial charge in [0.1, 0.15) is 10.9 Å². The molecule has 0 saturated carbocycles. The first-order valence-electron chi connectivity index (χ1n) is 6.94. The number of nitrogens with zero attached hydrogens (tertiary/aromatic N) is 3. The standard InChI is InChI=1S/C16H17N3O2S/c1-9(2)21-16(20)13-10(3)19-15(22)12(7-17)14(13)11-5-4-6-18-8-11/h4-6,8-9,13-14,22H,1-3H3/t13?,14-/m0/s1. The highest BCUT2D eigenvalue weighted by Crippen LogP contribution is 2.39. The molecule has 0 radical (unpaired) electrons. The van der Waals surface area contributed by atoms with Gasteiger partial charge in [-0.15, -0.1) is 12.6 Å². The van der Waals surface area contributed by atoms with E-state index in [-0.39, 0.29) is 6.10 Å². The summed E-state index contributed by atoms with van der Waals surface area (Å²) >= 11 is 4.28. The van der Waals surface area contributed by atoms with Gasteiger partial charge in [0.05, 0.1) is 17.7 Å². The van der Waals surface area contributed by atoms with Crippen LogP contribution in [0.25, 0.3) is 0 Å². The molecular formula is C16H17N3O2S. The summed E-state index contributed by atoms with van der Waals surface area (Å²) in [7, 11) is 0. The van der Waals surface area contributed by atoms with Gasteiger partial charge in [0.15, 0.2) is 0 Å². The monoisotopic (exact) mass is 315 g/mol. The summed E-state index contributed by atoms with van der Waals surface area (Å²) in [5.74, 6) is -1.51. The Morgan fingerprint density at radius 3 is 2.77 bits per heavy atom. The molecule has 2 atom stereocenters.